The summed E-state index contributed by atoms with van der Waals surface area (Å²) in [6.07, 6.45) is 3.27. The maximum atomic E-state index is 10.3. The van der Waals surface area contributed by atoms with Crippen LogP contribution in [0, 0.1) is 6.42 Å². The molecule has 11 heavy (non-hydrogen) atoms. The van der Waals surface area contributed by atoms with Crippen LogP contribution >= 0.6 is 11.8 Å². The highest BCUT2D eigenvalue weighted by Gasteiger charge is 1.92. The van der Waals surface area contributed by atoms with E-state index in [1.54, 1.807) is 0 Å². The third-order valence-corrected chi connectivity index (χ3v) is 2.06. The van der Waals surface area contributed by atoms with Crippen LogP contribution in [0.2, 0.25) is 0 Å². The van der Waals surface area contributed by atoms with Gasteiger partial charge in [0.1, 0.15) is 6.61 Å². The molecule has 0 amide bonds. The number of ether oxygens (including phenoxy) is 1. The van der Waals surface area contributed by atoms with Crippen LogP contribution in [0.25, 0.3) is 0 Å². The van der Waals surface area contributed by atoms with Crippen molar-refractivity contribution >= 4 is 17.7 Å². The maximum Gasteiger partial charge on any atom is 0.302 e. The Kier molecular flexibility index (Phi) is 7.79. The number of hydrogen-bond acceptors (Lipinski definition) is 3. The van der Waals surface area contributed by atoms with Gasteiger partial charge in [0.15, 0.2) is 0 Å². The molecule has 0 aliphatic rings. The van der Waals surface area contributed by atoms with E-state index in [-0.39, 0.29) is 5.97 Å². The van der Waals surface area contributed by atoms with Crippen LogP contribution in [-0.4, -0.2) is 24.1 Å². The van der Waals surface area contributed by atoms with Crippen molar-refractivity contribution < 1.29 is 9.53 Å². The van der Waals surface area contributed by atoms with Gasteiger partial charge < -0.3 is 4.74 Å². The third kappa shape index (κ3) is 9.82. The summed E-state index contributed by atoms with van der Waals surface area (Å²) in [6, 6.07) is 0. The molecule has 0 aromatic rings. The van der Waals surface area contributed by atoms with E-state index in [0.717, 1.165) is 17.9 Å². The van der Waals surface area contributed by atoms with Crippen LogP contribution in [0.4, 0.5) is 0 Å². The zero-order chi connectivity index (χ0) is 8.53. The zero-order valence-corrected chi connectivity index (χ0v) is 7.95. The first-order valence-corrected chi connectivity index (χ1v) is 4.91. The molecule has 3 heteroatoms. The lowest BCUT2D eigenvalue weighted by Crippen LogP contribution is -2.02. The average molecular weight is 175 g/mol. The van der Waals surface area contributed by atoms with Crippen LogP contribution in [0.3, 0.4) is 0 Å². The number of thioether (sulfide) groups is 1. The molecular formula is C8H15O2S. The minimum atomic E-state index is -0.187. The van der Waals surface area contributed by atoms with Gasteiger partial charge in [-0.1, -0.05) is 6.92 Å². The van der Waals surface area contributed by atoms with Gasteiger partial charge in [-0.25, -0.2) is 0 Å². The van der Waals surface area contributed by atoms with E-state index >= 15 is 0 Å². The number of carbonyl (C=O) groups is 1. The summed E-state index contributed by atoms with van der Waals surface area (Å²) in [4.78, 5) is 10.3. The quantitative estimate of drug-likeness (QED) is 0.455. The van der Waals surface area contributed by atoms with E-state index in [2.05, 4.69) is 6.42 Å². The molecule has 0 aromatic heterocycles. The standard InChI is InChI=1S/C8H15O2S/c1-3-4-6-11-7-5-10-8(2)9/h3H,4-7H2,1-2H3. The Morgan fingerprint density at radius 1 is 1.55 bits per heavy atom. The highest BCUT2D eigenvalue weighted by Crippen LogP contribution is 2.02. The van der Waals surface area contributed by atoms with Gasteiger partial charge >= 0.3 is 5.97 Å². The van der Waals surface area contributed by atoms with Crippen molar-refractivity contribution in [1.82, 2.24) is 0 Å². The van der Waals surface area contributed by atoms with E-state index in [9.17, 15) is 4.79 Å². The van der Waals surface area contributed by atoms with Crippen LogP contribution in [0.5, 0.6) is 0 Å². The van der Waals surface area contributed by atoms with Crippen molar-refractivity contribution in [2.45, 2.75) is 20.3 Å². The second-order valence-electron chi connectivity index (χ2n) is 2.15. The number of hydrogen-bond donors (Lipinski definition) is 0. The first kappa shape index (κ1) is 10.8. The average Bonchev–Trinajstić information content (AvgIpc) is 1.96. The minimum absolute atomic E-state index is 0.187. The highest BCUT2D eigenvalue weighted by molar-refractivity contribution is 7.99. The molecule has 0 heterocycles. The summed E-state index contributed by atoms with van der Waals surface area (Å²) in [6.45, 7) is 4.03. The molecule has 2 nitrogen and oxygen atoms in total. The van der Waals surface area contributed by atoms with Gasteiger partial charge in [-0.3, -0.25) is 4.79 Å². The minimum Gasteiger partial charge on any atom is -0.465 e. The molecule has 0 saturated heterocycles. The van der Waals surface area contributed by atoms with Crippen molar-refractivity contribution in [3.05, 3.63) is 6.42 Å². The first-order chi connectivity index (χ1) is 5.27. The Bertz CT molecular complexity index is 104. The normalized spacial score (nSPS) is 9.64. The molecule has 0 aliphatic carbocycles. The lowest BCUT2D eigenvalue weighted by Gasteiger charge is -2.00. The van der Waals surface area contributed by atoms with Gasteiger partial charge in [0.2, 0.25) is 0 Å². The van der Waals surface area contributed by atoms with E-state index in [4.69, 9.17) is 4.74 Å². The van der Waals surface area contributed by atoms with Crippen molar-refractivity contribution in [2.24, 2.45) is 0 Å². The Hall–Kier alpha value is -0.180. The van der Waals surface area contributed by atoms with Gasteiger partial charge in [0, 0.05) is 12.7 Å². The Balaban J connectivity index is 2.85. The molecule has 0 atom stereocenters. The molecule has 0 fully saturated rings. The fourth-order valence-electron chi connectivity index (χ4n) is 0.548. The number of unbranched alkanes of at least 4 members (excludes halogenated alkanes) is 1. The van der Waals surface area contributed by atoms with Gasteiger partial charge in [-0.15, -0.1) is 0 Å². The number of esters is 1. The number of carbonyl (C=O) groups excluding carboxylic acids is 1. The third-order valence-electron chi connectivity index (χ3n) is 1.08. The molecule has 1 radical (unpaired) electrons. The van der Waals surface area contributed by atoms with Crippen molar-refractivity contribution in [3.63, 3.8) is 0 Å². The Morgan fingerprint density at radius 3 is 2.82 bits per heavy atom. The summed E-state index contributed by atoms with van der Waals surface area (Å²) < 4.78 is 4.75. The van der Waals surface area contributed by atoms with Gasteiger partial charge in [0.05, 0.1) is 0 Å². The fraction of sp³-hybridized carbons (Fsp3) is 0.750. The molecule has 0 N–H and O–H groups in total. The summed E-state index contributed by atoms with van der Waals surface area (Å²) in [5.74, 6) is 1.85. The van der Waals surface area contributed by atoms with Crippen molar-refractivity contribution in [1.29, 1.82) is 0 Å². The Morgan fingerprint density at radius 2 is 2.27 bits per heavy atom. The molecule has 0 rings (SSSR count). The molecule has 65 valence electrons. The van der Waals surface area contributed by atoms with Gasteiger partial charge in [0.25, 0.3) is 0 Å². The van der Waals surface area contributed by atoms with Crippen LogP contribution in [0.1, 0.15) is 20.3 Å². The van der Waals surface area contributed by atoms with Crippen LogP contribution in [0.15, 0.2) is 0 Å². The van der Waals surface area contributed by atoms with Gasteiger partial charge in [-0.05, 0) is 18.6 Å². The lowest BCUT2D eigenvalue weighted by atomic mass is 10.4. The highest BCUT2D eigenvalue weighted by atomic mass is 32.2. The van der Waals surface area contributed by atoms with Gasteiger partial charge in [-0.2, -0.15) is 11.8 Å². The Labute approximate surface area is 72.7 Å². The van der Waals surface area contributed by atoms with Crippen molar-refractivity contribution in [3.8, 4) is 0 Å². The maximum absolute atomic E-state index is 10.3. The smallest absolute Gasteiger partial charge is 0.302 e. The van der Waals surface area contributed by atoms with E-state index in [0.29, 0.717) is 6.61 Å². The second kappa shape index (κ2) is 7.92. The summed E-state index contributed by atoms with van der Waals surface area (Å²) in [5.41, 5.74) is 0. The predicted molar refractivity (Wildman–Crippen MR) is 48.5 cm³/mol. The number of rotatable bonds is 6. The van der Waals surface area contributed by atoms with E-state index in [1.165, 1.54) is 6.92 Å². The molecule has 0 unspecified atom stereocenters. The van der Waals surface area contributed by atoms with Crippen LogP contribution in [-0.2, 0) is 9.53 Å². The SMILES string of the molecule is C[CH]CCSCCOC(C)=O. The molecular weight excluding hydrogens is 160 g/mol. The van der Waals surface area contributed by atoms with Crippen molar-refractivity contribution in [2.75, 3.05) is 18.1 Å². The van der Waals surface area contributed by atoms with Crippen LogP contribution < -0.4 is 0 Å². The second-order valence-corrected chi connectivity index (χ2v) is 3.37. The molecule has 0 saturated carbocycles. The zero-order valence-electron chi connectivity index (χ0n) is 7.13. The predicted octanol–water partition coefficient (Wildman–Crippen LogP) is 1.90. The molecule has 0 aromatic carbocycles. The summed E-state index contributed by atoms with van der Waals surface area (Å²) >= 11 is 1.81. The van der Waals surface area contributed by atoms with E-state index in [1.807, 2.05) is 18.7 Å². The molecule has 0 aliphatic heterocycles. The molecule has 0 spiro atoms. The fourth-order valence-corrected chi connectivity index (χ4v) is 1.36. The monoisotopic (exact) mass is 175 g/mol. The lowest BCUT2D eigenvalue weighted by molar-refractivity contribution is -0.140. The first-order valence-electron chi connectivity index (χ1n) is 3.76. The topological polar surface area (TPSA) is 26.3 Å². The summed E-state index contributed by atoms with van der Waals surface area (Å²) in [5, 5.41) is 0. The van der Waals surface area contributed by atoms with E-state index < -0.39 is 0 Å². The largest absolute Gasteiger partial charge is 0.465 e. The molecule has 0 bridgehead atoms. The summed E-state index contributed by atoms with van der Waals surface area (Å²) in [7, 11) is 0.